The van der Waals surface area contributed by atoms with E-state index in [1.807, 2.05) is 24.3 Å². The summed E-state index contributed by atoms with van der Waals surface area (Å²) >= 11 is 9.34. The molecule has 0 aliphatic rings. The molecule has 0 N–H and O–H groups in total. The van der Waals surface area contributed by atoms with E-state index in [1.54, 1.807) is 12.1 Å². The first-order valence-electron chi connectivity index (χ1n) is 5.53. The van der Waals surface area contributed by atoms with Crippen molar-refractivity contribution in [1.82, 2.24) is 10.2 Å². The highest BCUT2D eigenvalue weighted by molar-refractivity contribution is 9.10. The van der Waals surface area contributed by atoms with Crippen LogP contribution in [0, 0.1) is 5.82 Å². The van der Waals surface area contributed by atoms with Crippen LogP contribution in [0.5, 0.6) is 0 Å². The second-order valence-corrected chi connectivity index (χ2v) is 5.28. The maximum Gasteiger partial charge on any atom is 0.159 e. The van der Waals surface area contributed by atoms with Crippen molar-refractivity contribution in [1.29, 1.82) is 0 Å². The smallest absolute Gasteiger partial charge is 0.159 e. The molecule has 2 nitrogen and oxygen atoms in total. The highest BCUT2D eigenvalue weighted by atomic mass is 79.9. The summed E-state index contributed by atoms with van der Waals surface area (Å²) < 4.78 is 14.7. The molecule has 1 heterocycles. The predicted molar refractivity (Wildman–Crippen MR) is 77.6 cm³/mol. The van der Waals surface area contributed by atoms with Crippen molar-refractivity contribution in [3.63, 3.8) is 0 Å². The van der Waals surface area contributed by atoms with Gasteiger partial charge >= 0.3 is 0 Å². The summed E-state index contributed by atoms with van der Waals surface area (Å²) in [5.41, 5.74) is 0.883. The second-order valence-electron chi connectivity index (χ2n) is 4.01. The molecule has 0 unspecified atom stereocenters. The Balaban J connectivity index is 2.37. The van der Waals surface area contributed by atoms with Gasteiger partial charge in [-0.25, -0.2) is 4.39 Å². The lowest BCUT2D eigenvalue weighted by Gasteiger charge is -2.07. The Morgan fingerprint density at radius 3 is 2.53 bits per heavy atom. The minimum atomic E-state index is -0.343. The third-order valence-corrected chi connectivity index (χ3v) is 3.60. The summed E-state index contributed by atoms with van der Waals surface area (Å²) in [6.45, 7) is 0. The molecule has 94 valence electrons. The van der Waals surface area contributed by atoms with Crippen molar-refractivity contribution in [2.24, 2.45) is 0 Å². The maximum absolute atomic E-state index is 14.0. The van der Waals surface area contributed by atoms with E-state index in [0.29, 0.717) is 16.4 Å². The molecule has 0 bridgehead atoms. The fourth-order valence-corrected chi connectivity index (χ4v) is 2.51. The van der Waals surface area contributed by atoms with Crippen LogP contribution in [0.25, 0.3) is 22.0 Å². The van der Waals surface area contributed by atoms with Gasteiger partial charge < -0.3 is 0 Å². The standard InChI is InChI=1S/C14H7BrClFN2/c15-8-5-6-12(17)11(7-8)13-9-3-1-2-4-10(9)14(16)19-18-13/h1-7H. The average molecular weight is 338 g/mol. The Morgan fingerprint density at radius 1 is 1.00 bits per heavy atom. The molecule has 0 fully saturated rings. The van der Waals surface area contributed by atoms with Gasteiger partial charge in [0.1, 0.15) is 11.5 Å². The number of nitrogens with zero attached hydrogens (tertiary/aromatic N) is 2. The largest absolute Gasteiger partial charge is 0.206 e. The summed E-state index contributed by atoms with van der Waals surface area (Å²) in [5.74, 6) is -0.343. The average Bonchev–Trinajstić information content (AvgIpc) is 2.43. The van der Waals surface area contributed by atoms with Gasteiger partial charge in [-0.1, -0.05) is 51.8 Å². The minimum Gasteiger partial charge on any atom is -0.206 e. The number of rotatable bonds is 1. The fourth-order valence-electron chi connectivity index (χ4n) is 1.95. The number of benzene rings is 2. The topological polar surface area (TPSA) is 25.8 Å². The van der Waals surface area contributed by atoms with Crippen molar-refractivity contribution in [3.8, 4) is 11.3 Å². The molecule has 0 aliphatic carbocycles. The fraction of sp³-hybridized carbons (Fsp3) is 0. The third kappa shape index (κ3) is 2.22. The van der Waals surface area contributed by atoms with E-state index >= 15 is 0 Å². The van der Waals surface area contributed by atoms with Crippen LogP contribution in [-0.4, -0.2) is 10.2 Å². The minimum absolute atomic E-state index is 0.315. The van der Waals surface area contributed by atoms with Crippen molar-refractivity contribution in [2.45, 2.75) is 0 Å². The van der Waals surface area contributed by atoms with Crippen molar-refractivity contribution in [3.05, 3.63) is 57.9 Å². The number of halogens is 3. The zero-order valence-corrected chi connectivity index (χ0v) is 11.9. The molecule has 5 heteroatoms. The van der Waals surface area contributed by atoms with Crippen LogP contribution >= 0.6 is 27.5 Å². The van der Waals surface area contributed by atoms with Gasteiger partial charge in [0, 0.05) is 20.8 Å². The van der Waals surface area contributed by atoms with E-state index in [0.717, 1.165) is 15.2 Å². The van der Waals surface area contributed by atoms with Crippen molar-refractivity contribution in [2.75, 3.05) is 0 Å². The SMILES string of the molecule is Fc1ccc(Br)cc1-c1nnc(Cl)c2ccccc12. The highest BCUT2D eigenvalue weighted by Gasteiger charge is 2.13. The quantitative estimate of drug-likeness (QED) is 0.634. The van der Waals surface area contributed by atoms with E-state index in [9.17, 15) is 4.39 Å². The molecule has 3 rings (SSSR count). The lowest BCUT2D eigenvalue weighted by atomic mass is 10.0. The summed E-state index contributed by atoms with van der Waals surface area (Å²) in [6, 6.07) is 12.1. The first-order valence-corrected chi connectivity index (χ1v) is 6.70. The van der Waals surface area contributed by atoms with Gasteiger partial charge in [-0.3, -0.25) is 0 Å². The first kappa shape index (κ1) is 12.5. The predicted octanol–water partition coefficient (Wildman–Crippen LogP) is 4.85. The summed E-state index contributed by atoms with van der Waals surface area (Å²) in [7, 11) is 0. The summed E-state index contributed by atoms with van der Waals surface area (Å²) in [6.07, 6.45) is 0. The molecule has 19 heavy (non-hydrogen) atoms. The van der Waals surface area contributed by atoms with E-state index in [4.69, 9.17) is 11.6 Å². The molecular formula is C14H7BrClFN2. The van der Waals surface area contributed by atoms with E-state index in [2.05, 4.69) is 26.1 Å². The lowest BCUT2D eigenvalue weighted by Crippen LogP contribution is -1.94. The van der Waals surface area contributed by atoms with Crippen LogP contribution < -0.4 is 0 Å². The van der Waals surface area contributed by atoms with Crippen LogP contribution in [0.4, 0.5) is 4.39 Å². The van der Waals surface area contributed by atoms with Gasteiger partial charge in [0.2, 0.25) is 0 Å². The molecule has 0 atom stereocenters. The number of hydrogen-bond acceptors (Lipinski definition) is 2. The van der Waals surface area contributed by atoms with E-state index in [1.165, 1.54) is 6.07 Å². The molecule has 3 aromatic rings. The van der Waals surface area contributed by atoms with E-state index in [-0.39, 0.29) is 5.82 Å². The summed E-state index contributed by atoms with van der Waals surface area (Å²) in [4.78, 5) is 0. The Bertz CT molecular complexity index is 776. The Kier molecular flexibility index (Phi) is 3.21. The van der Waals surface area contributed by atoms with Gasteiger partial charge in [0.15, 0.2) is 5.15 Å². The number of aromatic nitrogens is 2. The van der Waals surface area contributed by atoms with Crippen molar-refractivity contribution >= 4 is 38.3 Å². The van der Waals surface area contributed by atoms with Gasteiger partial charge in [-0.2, -0.15) is 0 Å². The van der Waals surface area contributed by atoms with Crippen molar-refractivity contribution < 1.29 is 4.39 Å². The lowest BCUT2D eigenvalue weighted by molar-refractivity contribution is 0.630. The molecule has 0 saturated heterocycles. The van der Waals surface area contributed by atoms with Gasteiger partial charge in [-0.15, -0.1) is 10.2 Å². The maximum atomic E-state index is 14.0. The third-order valence-electron chi connectivity index (χ3n) is 2.83. The molecule has 2 aromatic carbocycles. The zero-order chi connectivity index (χ0) is 13.4. The van der Waals surface area contributed by atoms with Gasteiger partial charge in [-0.05, 0) is 18.2 Å². The molecular weight excluding hydrogens is 331 g/mol. The van der Waals surface area contributed by atoms with Crippen LogP contribution in [0.2, 0.25) is 5.15 Å². The zero-order valence-electron chi connectivity index (χ0n) is 9.57. The summed E-state index contributed by atoms with van der Waals surface area (Å²) in [5, 5.41) is 9.77. The van der Waals surface area contributed by atoms with Gasteiger partial charge in [0.05, 0.1) is 0 Å². The molecule has 0 aliphatic heterocycles. The monoisotopic (exact) mass is 336 g/mol. The van der Waals surface area contributed by atoms with Crippen LogP contribution in [0.1, 0.15) is 0 Å². The molecule has 0 saturated carbocycles. The van der Waals surface area contributed by atoms with Crippen LogP contribution in [0.3, 0.4) is 0 Å². The Labute approximate surface area is 122 Å². The Morgan fingerprint density at radius 2 is 1.74 bits per heavy atom. The van der Waals surface area contributed by atoms with Crippen LogP contribution in [-0.2, 0) is 0 Å². The molecule has 0 amide bonds. The molecule has 1 aromatic heterocycles. The highest BCUT2D eigenvalue weighted by Crippen LogP contribution is 2.32. The normalized spacial score (nSPS) is 10.9. The Hall–Kier alpha value is -1.52. The first-order chi connectivity index (χ1) is 9.16. The van der Waals surface area contributed by atoms with Crippen LogP contribution in [0.15, 0.2) is 46.9 Å². The van der Waals surface area contributed by atoms with E-state index < -0.39 is 0 Å². The number of fused-ring (bicyclic) bond motifs is 1. The molecule has 0 radical (unpaired) electrons. The second kappa shape index (κ2) is 4.87. The van der Waals surface area contributed by atoms with Gasteiger partial charge in [0.25, 0.3) is 0 Å². The number of hydrogen-bond donors (Lipinski definition) is 0. The molecule has 0 spiro atoms.